The molecule has 0 saturated heterocycles. The monoisotopic (exact) mass is 394 g/mol. The van der Waals surface area contributed by atoms with E-state index in [1.165, 1.54) is 19.2 Å². The van der Waals surface area contributed by atoms with Crippen molar-refractivity contribution in [2.45, 2.75) is 13.0 Å². The molecule has 2 amide bonds. The lowest BCUT2D eigenvalue weighted by molar-refractivity contribution is -0.128. The maximum atomic E-state index is 12.0. The molecule has 0 bridgehead atoms. The maximum Gasteiger partial charge on any atom is 0.290 e. The van der Waals surface area contributed by atoms with Crippen LogP contribution >= 0.6 is 15.9 Å². The van der Waals surface area contributed by atoms with Crippen LogP contribution in [0.2, 0.25) is 0 Å². The first-order valence-corrected chi connectivity index (χ1v) is 7.73. The zero-order valence-electron chi connectivity index (χ0n) is 12.9. The van der Waals surface area contributed by atoms with Crippen LogP contribution in [0.25, 0.3) is 0 Å². The number of aromatic nitrogens is 2. The number of hydrazine groups is 1. The Labute approximate surface area is 145 Å². The molecule has 2 aromatic rings. The van der Waals surface area contributed by atoms with Crippen molar-refractivity contribution in [1.82, 2.24) is 20.6 Å². The molecular weight excluding hydrogens is 380 g/mol. The second-order valence-electron chi connectivity index (χ2n) is 4.84. The fraction of sp³-hybridized carbons (Fsp3) is 0.200. The zero-order chi connectivity index (χ0) is 17.7. The molecule has 0 aliphatic heterocycles. The predicted molar refractivity (Wildman–Crippen MR) is 89.3 cm³/mol. The molecule has 1 heterocycles. The molecule has 126 valence electrons. The van der Waals surface area contributed by atoms with Crippen LogP contribution in [0, 0.1) is 0 Å². The molecule has 1 atom stereocenters. The van der Waals surface area contributed by atoms with Gasteiger partial charge in [0.1, 0.15) is 5.75 Å². The van der Waals surface area contributed by atoms with Crippen LogP contribution in [0.15, 0.2) is 45.7 Å². The summed E-state index contributed by atoms with van der Waals surface area (Å²) >= 11 is 3.31. The molecule has 0 unspecified atom stereocenters. The van der Waals surface area contributed by atoms with Crippen molar-refractivity contribution in [2.75, 3.05) is 0 Å². The lowest BCUT2D eigenvalue weighted by Gasteiger charge is -2.15. The van der Waals surface area contributed by atoms with E-state index in [2.05, 4.69) is 31.9 Å². The fourth-order valence-corrected chi connectivity index (χ4v) is 2.08. The van der Waals surface area contributed by atoms with Crippen molar-refractivity contribution < 1.29 is 14.3 Å². The number of hydrogen-bond donors (Lipinski definition) is 2. The van der Waals surface area contributed by atoms with Gasteiger partial charge in [0.25, 0.3) is 17.4 Å². The third-order valence-corrected chi connectivity index (χ3v) is 3.46. The minimum absolute atomic E-state index is 0.00189. The van der Waals surface area contributed by atoms with Crippen LogP contribution in [0.3, 0.4) is 0 Å². The number of nitrogens with one attached hydrogen (secondary N) is 2. The van der Waals surface area contributed by atoms with Crippen LogP contribution in [-0.4, -0.2) is 27.7 Å². The largest absolute Gasteiger partial charge is 0.481 e. The van der Waals surface area contributed by atoms with Crippen molar-refractivity contribution in [2.24, 2.45) is 7.05 Å². The average Bonchev–Trinajstić information content (AvgIpc) is 2.54. The van der Waals surface area contributed by atoms with E-state index in [0.29, 0.717) is 5.75 Å². The van der Waals surface area contributed by atoms with Crippen LogP contribution < -0.4 is 21.1 Å². The van der Waals surface area contributed by atoms with E-state index < -0.39 is 17.9 Å². The Morgan fingerprint density at radius 1 is 1.25 bits per heavy atom. The van der Waals surface area contributed by atoms with Gasteiger partial charge in [-0.1, -0.05) is 22.0 Å². The summed E-state index contributed by atoms with van der Waals surface area (Å²) < 4.78 is 7.32. The molecule has 1 aromatic carbocycles. The summed E-state index contributed by atoms with van der Waals surface area (Å²) in [6.45, 7) is 1.55. The zero-order valence-corrected chi connectivity index (χ0v) is 14.5. The summed E-state index contributed by atoms with van der Waals surface area (Å²) in [5.74, 6) is -0.667. The summed E-state index contributed by atoms with van der Waals surface area (Å²) in [5.41, 5.74) is 4.12. The van der Waals surface area contributed by atoms with E-state index in [-0.39, 0.29) is 11.3 Å². The van der Waals surface area contributed by atoms with Crippen LogP contribution in [-0.2, 0) is 11.8 Å². The van der Waals surface area contributed by atoms with Gasteiger partial charge in [-0.3, -0.25) is 25.2 Å². The van der Waals surface area contributed by atoms with Crippen molar-refractivity contribution >= 4 is 27.7 Å². The third-order valence-electron chi connectivity index (χ3n) is 2.97. The first-order valence-electron chi connectivity index (χ1n) is 6.93. The lowest BCUT2D eigenvalue weighted by Crippen LogP contribution is -2.47. The molecule has 0 spiro atoms. The average molecular weight is 395 g/mol. The normalized spacial score (nSPS) is 11.5. The number of halogens is 1. The van der Waals surface area contributed by atoms with Crippen LogP contribution in [0.5, 0.6) is 5.75 Å². The summed E-state index contributed by atoms with van der Waals surface area (Å²) in [4.78, 5) is 35.1. The second-order valence-corrected chi connectivity index (χ2v) is 5.76. The molecule has 8 nitrogen and oxygen atoms in total. The number of rotatable bonds is 4. The Balaban J connectivity index is 1.90. The highest BCUT2D eigenvalue weighted by atomic mass is 79.9. The highest BCUT2D eigenvalue weighted by Crippen LogP contribution is 2.18. The second kappa shape index (κ2) is 7.73. The first-order chi connectivity index (χ1) is 11.4. The molecule has 0 fully saturated rings. The van der Waals surface area contributed by atoms with E-state index in [9.17, 15) is 14.4 Å². The molecule has 0 aliphatic rings. The Bertz CT molecular complexity index is 821. The van der Waals surface area contributed by atoms with Gasteiger partial charge in [0.15, 0.2) is 11.8 Å². The predicted octanol–water partition coefficient (Wildman–Crippen LogP) is 0.771. The molecular formula is C15H15BrN4O4. The maximum absolute atomic E-state index is 12.0. The number of aryl methyl sites for hydroxylation is 1. The number of carbonyl (C=O) groups excluding carboxylic acids is 2. The Morgan fingerprint density at radius 2 is 2.00 bits per heavy atom. The molecule has 2 N–H and O–H groups in total. The molecule has 1 aromatic heterocycles. The topological polar surface area (TPSA) is 102 Å². The van der Waals surface area contributed by atoms with E-state index in [0.717, 1.165) is 9.15 Å². The smallest absolute Gasteiger partial charge is 0.290 e. The molecule has 0 aliphatic carbocycles. The molecule has 9 heteroatoms. The minimum atomic E-state index is -0.826. The van der Waals surface area contributed by atoms with Gasteiger partial charge in [-0.05, 0) is 31.2 Å². The molecule has 2 rings (SSSR count). The quantitative estimate of drug-likeness (QED) is 0.745. The SMILES string of the molecule is C[C@@H](Oc1cccc(Br)c1)C(=O)NNC(=O)c1ccc(=O)n(C)n1. The summed E-state index contributed by atoms with van der Waals surface area (Å²) in [5, 5.41) is 3.78. The van der Waals surface area contributed by atoms with Gasteiger partial charge in [-0.25, -0.2) is 4.68 Å². The number of carbonyl (C=O) groups is 2. The Morgan fingerprint density at radius 3 is 2.67 bits per heavy atom. The standard InChI is InChI=1S/C15H15BrN4O4/c1-9(24-11-5-3-4-10(16)8-11)14(22)17-18-15(23)12-6-7-13(21)20(2)19-12/h3-9H,1-2H3,(H,17,22)(H,18,23)/t9-/m1/s1. The molecule has 0 saturated carbocycles. The first kappa shape index (κ1) is 17.7. The summed E-state index contributed by atoms with van der Waals surface area (Å²) in [6, 6.07) is 9.52. The van der Waals surface area contributed by atoms with Crippen molar-refractivity contribution in [3.05, 3.63) is 56.9 Å². The number of nitrogens with zero attached hydrogens (tertiary/aromatic N) is 2. The van der Waals surface area contributed by atoms with Gasteiger partial charge in [0.05, 0.1) is 0 Å². The summed E-state index contributed by atoms with van der Waals surface area (Å²) in [6.07, 6.45) is -0.826. The van der Waals surface area contributed by atoms with Crippen LogP contribution in [0.1, 0.15) is 17.4 Å². The number of benzene rings is 1. The number of ether oxygens (including phenoxy) is 1. The third kappa shape index (κ3) is 4.66. The van der Waals surface area contributed by atoms with Gasteiger partial charge >= 0.3 is 0 Å². The van der Waals surface area contributed by atoms with Crippen molar-refractivity contribution in [3.63, 3.8) is 0 Å². The molecule has 24 heavy (non-hydrogen) atoms. The lowest BCUT2D eigenvalue weighted by atomic mass is 10.3. The minimum Gasteiger partial charge on any atom is -0.481 e. The van der Waals surface area contributed by atoms with Gasteiger partial charge in [0, 0.05) is 17.6 Å². The number of amides is 2. The van der Waals surface area contributed by atoms with E-state index in [4.69, 9.17) is 4.74 Å². The van der Waals surface area contributed by atoms with Gasteiger partial charge in [-0.2, -0.15) is 5.10 Å². The summed E-state index contributed by atoms with van der Waals surface area (Å²) in [7, 11) is 1.42. The van der Waals surface area contributed by atoms with E-state index >= 15 is 0 Å². The van der Waals surface area contributed by atoms with Gasteiger partial charge in [-0.15, -0.1) is 0 Å². The Hall–Kier alpha value is -2.68. The highest BCUT2D eigenvalue weighted by Gasteiger charge is 2.16. The van der Waals surface area contributed by atoms with Gasteiger partial charge < -0.3 is 4.74 Å². The fourth-order valence-electron chi connectivity index (χ4n) is 1.71. The van der Waals surface area contributed by atoms with Crippen molar-refractivity contribution in [1.29, 1.82) is 0 Å². The van der Waals surface area contributed by atoms with Crippen molar-refractivity contribution in [3.8, 4) is 5.75 Å². The Kier molecular flexibility index (Phi) is 5.69. The number of hydrogen-bond acceptors (Lipinski definition) is 5. The van der Waals surface area contributed by atoms with E-state index in [1.54, 1.807) is 25.1 Å². The highest BCUT2D eigenvalue weighted by molar-refractivity contribution is 9.10. The van der Waals surface area contributed by atoms with E-state index in [1.807, 2.05) is 6.07 Å². The molecule has 0 radical (unpaired) electrons. The van der Waals surface area contributed by atoms with Crippen LogP contribution in [0.4, 0.5) is 0 Å². The van der Waals surface area contributed by atoms with Gasteiger partial charge in [0.2, 0.25) is 0 Å².